The van der Waals surface area contributed by atoms with Crippen LogP contribution in [0.1, 0.15) is 32.6 Å². The van der Waals surface area contributed by atoms with Crippen molar-refractivity contribution in [2.45, 2.75) is 38.6 Å². The van der Waals surface area contributed by atoms with Gasteiger partial charge in [-0.05, 0) is 6.42 Å². The van der Waals surface area contributed by atoms with E-state index >= 15 is 0 Å². The Bertz CT molecular complexity index is 187. The number of nitrogens with two attached hydrogens (primary N) is 3. The van der Waals surface area contributed by atoms with E-state index < -0.39 is 11.9 Å². The molecule has 0 fully saturated rings. The fourth-order valence-electron chi connectivity index (χ4n) is 1.04. The molecule has 1 amide bonds. The molecular formula is C8H18N4O. The molecule has 0 saturated carbocycles. The molecule has 0 saturated heterocycles. The molecule has 5 nitrogen and oxygen atoms in total. The molecule has 0 bridgehead atoms. The second-order valence-corrected chi connectivity index (χ2v) is 2.97. The first kappa shape index (κ1) is 11.7. The van der Waals surface area contributed by atoms with E-state index in [9.17, 15) is 4.79 Å². The lowest BCUT2D eigenvalue weighted by atomic mass is 10.1. The molecule has 0 aromatic rings. The minimum absolute atomic E-state index is 0.0831. The second kappa shape index (κ2) is 6.28. The van der Waals surface area contributed by atoms with Gasteiger partial charge in [0.2, 0.25) is 5.91 Å². The van der Waals surface area contributed by atoms with Crippen LogP contribution in [0.4, 0.5) is 0 Å². The third-order valence-corrected chi connectivity index (χ3v) is 1.71. The first-order chi connectivity index (χ1) is 6.07. The van der Waals surface area contributed by atoms with Crippen molar-refractivity contribution in [3.63, 3.8) is 0 Å². The smallest absolute Gasteiger partial charge is 0.242 e. The largest absolute Gasteiger partial charge is 0.370 e. The van der Waals surface area contributed by atoms with E-state index in [1.165, 1.54) is 0 Å². The highest BCUT2D eigenvalue weighted by molar-refractivity contribution is 5.84. The molecule has 0 rings (SSSR count). The maximum atomic E-state index is 10.8. The van der Waals surface area contributed by atoms with E-state index in [1.807, 2.05) is 0 Å². The van der Waals surface area contributed by atoms with E-state index in [0.29, 0.717) is 6.42 Å². The number of nitrogens with zero attached hydrogens (tertiary/aromatic N) is 1. The van der Waals surface area contributed by atoms with Crippen LogP contribution >= 0.6 is 0 Å². The summed E-state index contributed by atoms with van der Waals surface area (Å²) in [5.74, 6) is -0.551. The van der Waals surface area contributed by atoms with Gasteiger partial charge in [0.15, 0.2) is 5.96 Å². The first-order valence-electron chi connectivity index (χ1n) is 4.46. The third-order valence-electron chi connectivity index (χ3n) is 1.71. The van der Waals surface area contributed by atoms with Gasteiger partial charge in [0.1, 0.15) is 6.04 Å². The SMILES string of the molecule is CCCCCC(N=C(N)N)C(N)=O. The quantitative estimate of drug-likeness (QED) is 0.301. The topological polar surface area (TPSA) is 107 Å². The normalized spacial score (nSPS) is 12.1. The van der Waals surface area contributed by atoms with Crippen LogP contribution in [-0.2, 0) is 4.79 Å². The van der Waals surface area contributed by atoms with Crippen molar-refractivity contribution in [2.75, 3.05) is 0 Å². The summed E-state index contributed by atoms with van der Waals surface area (Å²) >= 11 is 0. The second-order valence-electron chi connectivity index (χ2n) is 2.97. The molecule has 1 atom stereocenters. The molecule has 76 valence electrons. The Labute approximate surface area is 78.4 Å². The van der Waals surface area contributed by atoms with Crippen LogP contribution in [0.25, 0.3) is 0 Å². The van der Waals surface area contributed by atoms with Crippen molar-refractivity contribution >= 4 is 11.9 Å². The van der Waals surface area contributed by atoms with E-state index in [2.05, 4.69) is 11.9 Å². The molecular weight excluding hydrogens is 168 g/mol. The molecule has 0 aromatic heterocycles. The summed E-state index contributed by atoms with van der Waals surface area (Å²) in [4.78, 5) is 14.6. The van der Waals surface area contributed by atoms with Crippen molar-refractivity contribution in [2.24, 2.45) is 22.2 Å². The summed E-state index contributed by atoms with van der Waals surface area (Å²) < 4.78 is 0. The Morgan fingerprint density at radius 2 is 1.92 bits per heavy atom. The van der Waals surface area contributed by atoms with Gasteiger partial charge in [0, 0.05) is 0 Å². The summed E-state index contributed by atoms with van der Waals surface area (Å²) in [6.45, 7) is 2.08. The van der Waals surface area contributed by atoms with Crippen LogP contribution in [0, 0.1) is 0 Å². The predicted octanol–water partition coefficient (Wildman–Crippen LogP) is -0.306. The first-order valence-corrected chi connectivity index (χ1v) is 4.46. The van der Waals surface area contributed by atoms with Crippen molar-refractivity contribution in [3.05, 3.63) is 0 Å². The highest BCUT2D eigenvalue weighted by atomic mass is 16.1. The maximum Gasteiger partial charge on any atom is 0.242 e. The number of rotatable bonds is 6. The summed E-state index contributed by atoms with van der Waals surface area (Å²) in [5.41, 5.74) is 15.4. The number of carbonyl (C=O) groups is 1. The molecule has 6 N–H and O–H groups in total. The Morgan fingerprint density at radius 1 is 1.31 bits per heavy atom. The summed E-state index contributed by atoms with van der Waals surface area (Å²) in [6.07, 6.45) is 3.69. The fraction of sp³-hybridized carbons (Fsp3) is 0.750. The van der Waals surface area contributed by atoms with Gasteiger partial charge >= 0.3 is 0 Å². The minimum atomic E-state index is -0.559. The van der Waals surface area contributed by atoms with Crippen LogP contribution in [-0.4, -0.2) is 17.9 Å². The third kappa shape index (κ3) is 5.95. The number of guanidine groups is 1. The summed E-state index contributed by atoms with van der Waals surface area (Å²) in [5, 5.41) is 0. The van der Waals surface area contributed by atoms with Gasteiger partial charge in [0.25, 0.3) is 0 Å². The molecule has 0 aliphatic carbocycles. The number of unbranched alkanes of at least 4 members (excludes halogenated alkanes) is 2. The van der Waals surface area contributed by atoms with Gasteiger partial charge < -0.3 is 17.2 Å². The zero-order valence-corrected chi connectivity index (χ0v) is 7.99. The number of aliphatic imine (C=N–C) groups is 1. The van der Waals surface area contributed by atoms with Gasteiger partial charge in [-0.1, -0.05) is 26.2 Å². The Morgan fingerprint density at radius 3 is 2.31 bits per heavy atom. The Hall–Kier alpha value is -1.26. The lowest BCUT2D eigenvalue weighted by Crippen LogP contribution is -2.32. The molecule has 0 aliphatic heterocycles. The molecule has 0 spiro atoms. The van der Waals surface area contributed by atoms with E-state index in [0.717, 1.165) is 19.3 Å². The number of primary amides is 1. The molecule has 0 heterocycles. The number of hydrogen-bond acceptors (Lipinski definition) is 2. The lowest BCUT2D eigenvalue weighted by molar-refractivity contribution is -0.119. The molecule has 5 heteroatoms. The monoisotopic (exact) mass is 186 g/mol. The minimum Gasteiger partial charge on any atom is -0.370 e. The predicted molar refractivity (Wildman–Crippen MR) is 52.9 cm³/mol. The average Bonchev–Trinajstić information content (AvgIpc) is 2.02. The van der Waals surface area contributed by atoms with Gasteiger partial charge in [-0.3, -0.25) is 4.79 Å². The van der Waals surface area contributed by atoms with Gasteiger partial charge in [0.05, 0.1) is 0 Å². The number of amides is 1. The summed E-state index contributed by atoms with van der Waals surface area (Å²) in [6, 6.07) is -0.559. The average molecular weight is 186 g/mol. The van der Waals surface area contributed by atoms with E-state index in [4.69, 9.17) is 17.2 Å². The standard InChI is InChI=1S/C8H18N4O/c1-2-3-4-5-6(7(9)13)12-8(10)11/h6H,2-5H2,1H3,(H2,9,13)(H4,10,11,12). The van der Waals surface area contributed by atoms with E-state index in [1.54, 1.807) is 0 Å². The van der Waals surface area contributed by atoms with Crippen LogP contribution in [0.2, 0.25) is 0 Å². The molecule has 0 aliphatic rings. The molecule has 1 unspecified atom stereocenters. The van der Waals surface area contributed by atoms with Gasteiger partial charge in [-0.25, -0.2) is 4.99 Å². The van der Waals surface area contributed by atoms with Crippen LogP contribution in [0.3, 0.4) is 0 Å². The van der Waals surface area contributed by atoms with Crippen molar-refractivity contribution in [3.8, 4) is 0 Å². The maximum absolute atomic E-state index is 10.8. The van der Waals surface area contributed by atoms with Gasteiger partial charge in [-0.15, -0.1) is 0 Å². The van der Waals surface area contributed by atoms with Crippen LogP contribution < -0.4 is 17.2 Å². The Kier molecular flexibility index (Phi) is 5.67. The zero-order valence-electron chi connectivity index (χ0n) is 7.99. The Balaban J connectivity index is 3.96. The zero-order chi connectivity index (χ0) is 10.3. The number of carbonyl (C=O) groups excluding carboxylic acids is 1. The van der Waals surface area contributed by atoms with Crippen LogP contribution in [0.15, 0.2) is 4.99 Å². The van der Waals surface area contributed by atoms with E-state index in [-0.39, 0.29) is 5.96 Å². The highest BCUT2D eigenvalue weighted by Crippen LogP contribution is 2.05. The molecule has 0 radical (unpaired) electrons. The highest BCUT2D eigenvalue weighted by Gasteiger charge is 2.12. The summed E-state index contributed by atoms with van der Waals surface area (Å²) in [7, 11) is 0. The van der Waals surface area contributed by atoms with Gasteiger partial charge in [-0.2, -0.15) is 0 Å². The van der Waals surface area contributed by atoms with Crippen molar-refractivity contribution < 1.29 is 4.79 Å². The number of hydrogen-bond donors (Lipinski definition) is 3. The molecule has 13 heavy (non-hydrogen) atoms. The lowest BCUT2D eigenvalue weighted by Gasteiger charge is -2.07. The van der Waals surface area contributed by atoms with Crippen molar-refractivity contribution in [1.82, 2.24) is 0 Å². The van der Waals surface area contributed by atoms with Crippen molar-refractivity contribution in [1.29, 1.82) is 0 Å². The fourth-order valence-corrected chi connectivity index (χ4v) is 1.04. The van der Waals surface area contributed by atoms with Crippen LogP contribution in [0.5, 0.6) is 0 Å². The molecule has 0 aromatic carbocycles.